The van der Waals surface area contributed by atoms with Crippen LogP contribution in [0.5, 0.6) is 0 Å². The van der Waals surface area contributed by atoms with Gasteiger partial charge in [0.15, 0.2) is 4.96 Å². The van der Waals surface area contributed by atoms with Crippen LogP contribution in [0.1, 0.15) is 17.0 Å². The lowest BCUT2D eigenvalue weighted by Gasteiger charge is -2.01. The van der Waals surface area contributed by atoms with Crippen molar-refractivity contribution >= 4 is 16.3 Å². The topological polar surface area (TPSA) is 78.0 Å². The smallest absolute Gasteiger partial charge is 0.259 e. The fourth-order valence-electron chi connectivity index (χ4n) is 2.54. The van der Waals surface area contributed by atoms with E-state index in [1.54, 1.807) is 23.5 Å². The van der Waals surface area contributed by atoms with Gasteiger partial charge in [-0.2, -0.15) is 4.80 Å². The van der Waals surface area contributed by atoms with E-state index in [4.69, 9.17) is 0 Å². The van der Waals surface area contributed by atoms with E-state index in [2.05, 4.69) is 20.4 Å². The van der Waals surface area contributed by atoms with Crippen LogP contribution < -0.4 is 5.56 Å². The molecule has 0 spiro atoms. The number of tetrazole rings is 1. The number of aryl methyl sites for hydroxylation is 2. The molecule has 0 fully saturated rings. The zero-order chi connectivity index (χ0) is 17.6. The van der Waals surface area contributed by atoms with E-state index < -0.39 is 0 Å². The van der Waals surface area contributed by atoms with Crippen LogP contribution in [0.4, 0.5) is 4.39 Å². The van der Waals surface area contributed by atoms with Gasteiger partial charge in [0.05, 0.1) is 5.69 Å². The molecule has 126 valence electrons. The van der Waals surface area contributed by atoms with Gasteiger partial charge in [-0.15, -0.1) is 21.5 Å². The maximum absolute atomic E-state index is 13.4. The van der Waals surface area contributed by atoms with Gasteiger partial charge in [0, 0.05) is 22.7 Å². The molecule has 0 N–H and O–H groups in total. The lowest BCUT2D eigenvalue weighted by molar-refractivity contribution is 0.564. The standard InChI is InChI=1S/C16H13FN6OS/c1-9-5-11(3-4-13(9)17)15-19-21-22(20-15)7-12-6-14(24)23-10(2)8-25-16(23)18-12/h3-6,8H,7H2,1-2H3. The Bertz CT molecular complexity index is 1150. The van der Waals surface area contributed by atoms with Gasteiger partial charge in [0.25, 0.3) is 5.56 Å². The second-order valence-corrected chi connectivity index (χ2v) is 6.52. The minimum Gasteiger partial charge on any atom is -0.269 e. The summed E-state index contributed by atoms with van der Waals surface area (Å²) < 4.78 is 14.9. The highest BCUT2D eigenvalue weighted by atomic mass is 32.1. The van der Waals surface area contributed by atoms with Crippen LogP contribution in [0, 0.1) is 19.7 Å². The number of aromatic nitrogens is 6. The molecule has 0 bridgehead atoms. The van der Waals surface area contributed by atoms with Crippen LogP contribution in [0.3, 0.4) is 0 Å². The highest BCUT2D eigenvalue weighted by Crippen LogP contribution is 2.17. The molecule has 7 nitrogen and oxygen atoms in total. The van der Waals surface area contributed by atoms with Crippen molar-refractivity contribution in [2.45, 2.75) is 20.4 Å². The summed E-state index contributed by atoms with van der Waals surface area (Å²) in [6.45, 7) is 3.77. The molecule has 0 aliphatic rings. The van der Waals surface area contributed by atoms with E-state index in [-0.39, 0.29) is 17.9 Å². The van der Waals surface area contributed by atoms with Crippen molar-refractivity contribution in [3.8, 4) is 11.4 Å². The van der Waals surface area contributed by atoms with Gasteiger partial charge in [-0.05, 0) is 42.8 Å². The Morgan fingerprint density at radius 2 is 2.08 bits per heavy atom. The Morgan fingerprint density at radius 1 is 1.24 bits per heavy atom. The van der Waals surface area contributed by atoms with Crippen LogP contribution >= 0.6 is 11.3 Å². The zero-order valence-electron chi connectivity index (χ0n) is 13.5. The molecule has 25 heavy (non-hydrogen) atoms. The van der Waals surface area contributed by atoms with Crippen molar-refractivity contribution in [3.63, 3.8) is 0 Å². The molecule has 3 heterocycles. The summed E-state index contributed by atoms with van der Waals surface area (Å²) in [6.07, 6.45) is 0. The molecule has 0 amide bonds. The number of fused-ring (bicyclic) bond motifs is 1. The monoisotopic (exact) mass is 356 g/mol. The first kappa shape index (κ1) is 15.6. The van der Waals surface area contributed by atoms with Gasteiger partial charge in [0.1, 0.15) is 12.4 Å². The molecular weight excluding hydrogens is 343 g/mol. The fraction of sp³-hybridized carbons (Fsp3) is 0.188. The van der Waals surface area contributed by atoms with Gasteiger partial charge in [-0.3, -0.25) is 9.20 Å². The Morgan fingerprint density at radius 3 is 2.88 bits per heavy atom. The third-order valence-corrected chi connectivity index (χ3v) is 4.74. The number of hydrogen-bond donors (Lipinski definition) is 0. The minimum atomic E-state index is -0.277. The average Bonchev–Trinajstić information content (AvgIpc) is 3.17. The van der Waals surface area contributed by atoms with E-state index in [1.165, 1.54) is 28.3 Å². The van der Waals surface area contributed by atoms with Crippen molar-refractivity contribution in [1.82, 2.24) is 29.6 Å². The van der Waals surface area contributed by atoms with E-state index in [0.717, 1.165) is 5.69 Å². The summed E-state index contributed by atoms with van der Waals surface area (Å²) in [4.78, 5) is 18.7. The summed E-state index contributed by atoms with van der Waals surface area (Å²) in [5, 5.41) is 14.2. The van der Waals surface area contributed by atoms with Gasteiger partial charge in [-0.25, -0.2) is 9.37 Å². The highest BCUT2D eigenvalue weighted by Gasteiger charge is 2.11. The fourth-order valence-corrected chi connectivity index (χ4v) is 3.43. The highest BCUT2D eigenvalue weighted by molar-refractivity contribution is 7.15. The molecule has 4 rings (SSSR count). The van der Waals surface area contributed by atoms with Gasteiger partial charge in [-0.1, -0.05) is 0 Å². The first-order valence-electron chi connectivity index (χ1n) is 7.52. The maximum atomic E-state index is 13.4. The molecular formula is C16H13FN6OS. The lowest BCUT2D eigenvalue weighted by Crippen LogP contribution is -2.17. The minimum absolute atomic E-state index is 0.131. The number of nitrogens with zero attached hydrogens (tertiary/aromatic N) is 6. The SMILES string of the molecule is Cc1cc(-c2nnn(Cc3cc(=O)n4c(C)csc4n3)n2)ccc1F. The molecule has 0 atom stereocenters. The van der Waals surface area contributed by atoms with Crippen molar-refractivity contribution in [1.29, 1.82) is 0 Å². The van der Waals surface area contributed by atoms with Crippen molar-refractivity contribution in [3.05, 3.63) is 62.8 Å². The summed E-state index contributed by atoms with van der Waals surface area (Å²) in [5.41, 5.74) is 2.49. The number of thiazole rings is 1. The predicted molar refractivity (Wildman–Crippen MR) is 91.1 cm³/mol. The molecule has 9 heteroatoms. The summed E-state index contributed by atoms with van der Waals surface area (Å²) in [7, 11) is 0. The zero-order valence-corrected chi connectivity index (χ0v) is 14.3. The largest absolute Gasteiger partial charge is 0.269 e. The van der Waals surface area contributed by atoms with E-state index in [1.807, 2.05) is 12.3 Å². The Labute approximate surface area is 145 Å². The molecule has 0 radical (unpaired) electrons. The first-order valence-corrected chi connectivity index (χ1v) is 8.40. The lowest BCUT2D eigenvalue weighted by atomic mass is 10.1. The van der Waals surface area contributed by atoms with Crippen LogP contribution in [0.25, 0.3) is 16.3 Å². The third-order valence-electron chi connectivity index (χ3n) is 3.80. The van der Waals surface area contributed by atoms with Crippen molar-refractivity contribution < 1.29 is 4.39 Å². The summed E-state index contributed by atoms with van der Waals surface area (Å²) in [6, 6.07) is 6.12. The predicted octanol–water partition coefficient (Wildman–Crippen LogP) is 2.21. The summed E-state index contributed by atoms with van der Waals surface area (Å²) >= 11 is 1.41. The second-order valence-electron chi connectivity index (χ2n) is 5.69. The summed E-state index contributed by atoms with van der Waals surface area (Å²) in [5.74, 6) is 0.119. The second kappa shape index (κ2) is 5.85. The van der Waals surface area contributed by atoms with E-state index >= 15 is 0 Å². The quantitative estimate of drug-likeness (QED) is 0.562. The third kappa shape index (κ3) is 2.82. The number of benzene rings is 1. The Hall–Kier alpha value is -2.94. The number of rotatable bonds is 3. The average molecular weight is 356 g/mol. The first-order chi connectivity index (χ1) is 12.0. The molecule has 3 aromatic heterocycles. The molecule has 1 aromatic carbocycles. The molecule has 4 aromatic rings. The van der Waals surface area contributed by atoms with E-state index in [9.17, 15) is 9.18 Å². The van der Waals surface area contributed by atoms with Crippen LogP contribution in [0.15, 0.2) is 34.4 Å². The maximum Gasteiger partial charge on any atom is 0.259 e. The molecule has 0 aliphatic heterocycles. The van der Waals surface area contributed by atoms with Crippen molar-refractivity contribution in [2.75, 3.05) is 0 Å². The van der Waals surface area contributed by atoms with E-state index in [0.29, 0.717) is 27.6 Å². The van der Waals surface area contributed by atoms with Crippen molar-refractivity contribution in [2.24, 2.45) is 0 Å². The molecule has 0 saturated heterocycles. The Balaban J connectivity index is 1.65. The molecule has 0 aliphatic carbocycles. The molecule has 0 saturated carbocycles. The van der Waals surface area contributed by atoms with Gasteiger partial charge in [0.2, 0.25) is 5.82 Å². The van der Waals surface area contributed by atoms with Crippen LogP contribution in [-0.2, 0) is 6.54 Å². The van der Waals surface area contributed by atoms with Gasteiger partial charge < -0.3 is 0 Å². The van der Waals surface area contributed by atoms with Gasteiger partial charge >= 0.3 is 0 Å². The number of halogens is 1. The molecule has 0 unspecified atom stereocenters. The number of hydrogen-bond acceptors (Lipinski definition) is 6. The van der Waals surface area contributed by atoms with Crippen LogP contribution in [-0.4, -0.2) is 29.6 Å². The van der Waals surface area contributed by atoms with Crippen LogP contribution in [0.2, 0.25) is 0 Å². The Kier molecular flexibility index (Phi) is 3.65. The normalized spacial score (nSPS) is 11.3.